The molecule has 0 aliphatic rings. The summed E-state index contributed by atoms with van der Waals surface area (Å²) in [5, 5.41) is 0. The fraction of sp³-hybridized carbons (Fsp3) is 0.538. The minimum atomic E-state index is -3.44. The van der Waals surface area contributed by atoms with E-state index in [4.69, 9.17) is 0 Å². The smallest absolute Gasteiger partial charge is 0.213 e. The number of sulfonamides is 1. The van der Waals surface area contributed by atoms with Crippen molar-refractivity contribution in [1.29, 1.82) is 0 Å². The van der Waals surface area contributed by atoms with Crippen LogP contribution >= 0.6 is 0 Å². The molecule has 0 saturated carbocycles. The van der Waals surface area contributed by atoms with E-state index in [0.717, 1.165) is 9.87 Å². The average Bonchev–Trinajstić information content (AvgIpc) is 2.27. The number of rotatable bonds is 6. The second-order valence-electron chi connectivity index (χ2n) is 5.04. The van der Waals surface area contributed by atoms with Crippen molar-refractivity contribution in [3.63, 3.8) is 0 Å². The lowest BCUT2D eigenvalue weighted by molar-refractivity contribution is 0.519. The summed E-state index contributed by atoms with van der Waals surface area (Å²) in [7, 11) is -3.91. The van der Waals surface area contributed by atoms with Crippen LogP contribution in [0.15, 0.2) is 23.1 Å². The lowest BCUT2D eigenvalue weighted by Gasteiger charge is -2.12. The first kappa shape index (κ1) is 17.1. The van der Waals surface area contributed by atoms with Crippen LogP contribution in [0.4, 0.5) is 0 Å². The maximum Gasteiger partial charge on any atom is 0.213 e. The molecule has 0 saturated heterocycles. The number of sulfone groups is 1. The van der Waals surface area contributed by atoms with Gasteiger partial charge in [-0.1, -0.05) is 17.7 Å². The molecule has 1 aromatic rings. The Bertz CT molecular complexity index is 676. The molecule has 7 heteroatoms. The van der Waals surface area contributed by atoms with Crippen LogP contribution in [0.25, 0.3) is 0 Å². The van der Waals surface area contributed by atoms with Crippen molar-refractivity contribution in [2.24, 2.45) is 0 Å². The standard InChI is InChI=1S/C13H21NO4S2/c1-11-6-7-13(12(2)10-11)19(15,16)8-5-9-20(17,18)14(3)4/h6-7,10H,5,8-9H2,1-4H3. The summed E-state index contributed by atoms with van der Waals surface area (Å²) >= 11 is 0. The van der Waals surface area contributed by atoms with Crippen molar-refractivity contribution < 1.29 is 16.8 Å². The molecule has 5 nitrogen and oxygen atoms in total. The molecule has 0 atom stereocenters. The van der Waals surface area contributed by atoms with Crippen LogP contribution in [0, 0.1) is 13.8 Å². The number of benzene rings is 1. The van der Waals surface area contributed by atoms with E-state index in [2.05, 4.69) is 0 Å². The van der Waals surface area contributed by atoms with Gasteiger partial charge in [-0.05, 0) is 31.9 Å². The maximum absolute atomic E-state index is 12.2. The summed E-state index contributed by atoms with van der Waals surface area (Å²) in [4.78, 5) is 0.283. The third kappa shape index (κ3) is 4.29. The number of hydrogen-bond acceptors (Lipinski definition) is 4. The van der Waals surface area contributed by atoms with Crippen LogP contribution in [-0.2, 0) is 19.9 Å². The molecular weight excluding hydrogens is 298 g/mol. The van der Waals surface area contributed by atoms with Gasteiger partial charge in [-0.15, -0.1) is 0 Å². The zero-order valence-corrected chi connectivity index (χ0v) is 13.9. The van der Waals surface area contributed by atoms with E-state index in [-0.39, 0.29) is 22.8 Å². The molecule has 0 heterocycles. The minimum Gasteiger partial charge on any atom is -0.224 e. The quantitative estimate of drug-likeness (QED) is 0.794. The number of aryl methyl sites for hydroxylation is 2. The summed E-state index contributed by atoms with van der Waals surface area (Å²) in [5.74, 6) is -0.325. The Morgan fingerprint density at radius 2 is 1.60 bits per heavy atom. The Hall–Kier alpha value is -0.920. The highest BCUT2D eigenvalue weighted by Gasteiger charge is 2.20. The molecular formula is C13H21NO4S2. The largest absolute Gasteiger partial charge is 0.224 e. The first-order valence-electron chi connectivity index (χ1n) is 6.26. The highest BCUT2D eigenvalue weighted by molar-refractivity contribution is 7.91. The number of nitrogens with zero attached hydrogens (tertiary/aromatic N) is 1. The first-order chi connectivity index (χ1) is 9.06. The van der Waals surface area contributed by atoms with E-state index < -0.39 is 19.9 Å². The molecule has 0 bridgehead atoms. The normalized spacial score (nSPS) is 12.8. The Labute approximate surface area is 121 Å². The molecule has 0 spiro atoms. The van der Waals surface area contributed by atoms with Crippen molar-refractivity contribution in [2.75, 3.05) is 25.6 Å². The van der Waals surface area contributed by atoms with Crippen molar-refractivity contribution >= 4 is 19.9 Å². The monoisotopic (exact) mass is 319 g/mol. The van der Waals surface area contributed by atoms with Gasteiger partial charge < -0.3 is 0 Å². The van der Waals surface area contributed by atoms with Gasteiger partial charge in [-0.25, -0.2) is 21.1 Å². The summed E-state index contributed by atoms with van der Waals surface area (Å²) in [6.45, 7) is 3.64. The molecule has 0 amide bonds. The van der Waals surface area contributed by atoms with E-state index in [1.807, 2.05) is 13.0 Å². The van der Waals surface area contributed by atoms with Crippen LogP contribution < -0.4 is 0 Å². The number of hydrogen-bond donors (Lipinski definition) is 0. The van der Waals surface area contributed by atoms with Crippen molar-refractivity contribution in [3.8, 4) is 0 Å². The maximum atomic E-state index is 12.2. The molecule has 0 aliphatic heterocycles. The lowest BCUT2D eigenvalue weighted by Crippen LogP contribution is -2.26. The molecule has 114 valence electrons. The molecule has 0 unspecified atom stereocenters. The predicted molar refractivity (Wildman–Crippen MR) is 80.1 cm³/mol. The highest BCUT2D eigenvalue weighted by Crippen LogP contribution is 2.18. The SMILES string of the molecule is Cc1ccc(S(=O)(=O)CCCS(=O)(=O)N(C)C)c(C)c1. The van der Waals surface area contributed by atoms with Crippen LogP contribution in [0.2, 0.25) is 0 Å². The molecule has 1 aromatic carbocycles. The Morgan fingerprint density at radius 1 is 1.00 bits per heavy atom. The molecule has 20 heavy (non-hydrogen) atoms. The van der Waals surface area contributed by atoms with Crippen LogP contribution in [0.3, 0.4) is 0 Å². The molecule has 0 fully saturated rings. The van der Waals surface area contributed by atoms with E-state index in [1.165, 1.54) is 14.1 Å². The fourth-order valence-electron chi connectivity index (χ4n) is 1.87. The third-order valence-electron chi connectivity index (χ3n) is 3.04. The van der Waals surface area contributed by atoms with Gasteiger partial charge in [-0.2, -0.15) is 0 Å². The second kappa shape index (κ2) is 6.24. The van der Waals surface area contributed by atoms with Gasteiger partial charge in [-0.3, -0.25) is 0 Å². The summed E-state index contributed by atoms with van der Waals surface area (Å²) in [6, 6.07) is 5.14. The van der Waals surface area contributed by atoms with Gasteiger partial charge in [0.1, 0.15) is 0 Å². The van der Waals surface area contributed by atoms with Crippen LogP contribution in [0.5, 0.6) is 0 Å². The van der Waals surface area contributed by atoms with Crippen molar-refractivity contribution in [1.82, 2.24) is 4.31 Å². The van der Waals surface area contributed by atoms with E-state index in [0.29, 0.717) is 5.56 Å². The Kier molecular flexibility index (Phi) is 5.34. The molecule has 0 N–H and O–H groups in total. The second-order valence-corrected chi connectivity index (χ2v) is 9.42. The topological polar surface area (TPSA) is 71.5 Å². The van der Waals surface area contributed by atoms with Crippen molar-refractivity contribution in [3.05, 3.63) is 29.3 Å². The van der Waals surface area contributed by atoms with Gasteiger partial charge in [0.2, 0.25) is 10.0 Å². The highest BCUT2D eigenvalue weighted by atomic mass is 32.2. The van der Waals surface area contributed by atoms with Crippen LogP contribution in [-0.4, -0.2) is 46.7 Å². The summed E-state index contributed by atoms with van der Waals surface area (Å²) in [5.41, 5.74) is 1.69. The molecule has 0 aliphatic carbocycles. The lowest BCUT2D eigenvalue weighted by atomic mass is 10.2. The predicted octanol–water partition coefficient (Wildman–Crippen LogP) is 1.36. The van der Waals surface area contributed by atoms with E-state index >= 15 is 0 Å². The third-order valence-corrected chi connectivity index (χ3v) is 6.91. The van der Waals surface area contributed by atoms with E-state index in [1.54, 1.807) is 19.1 Å². The molecule has 0 aromatic heterocycles. The van der Waals surface area contributed by atoms with Crippen LogP contribution in [0.1, 0.15) is 17.5 Å². The van der Waals surface area contributed by atoms with Gasteiger partial charge in [0.15, 0.2) is 9.84 Å². The molecule has 0 radical (unpaired) electrons. The fourth-order valence-corrected chi connectivity index (χ4v) is 4.50. The van der Waals surface area contributed by atoms with Gasteiger partial charge >= 0.3 is 0 Å². The van der Waals surface area contributed by atoms with E-state index in [9.17, 15) is 16.8 Å². The Morgan fingerprint density at radius 3 is 2.10 bits per heavy atom. The first-order valence-corrected chi connectivity index (χ1v) is 9.52. The summed E-state index contributed by atoms with van der Waals surface area (Å²) in [6.07, 6.45) is 0.0934. The van der Waals surface area contributed by atoms with Gasteiger partial charge in [0.05, 0.1) is 16.4 Å². The Balaban J connectivity index is 2.82. The van der Waals surface area contributed by atoms with Gasteiger partial charge in [0.25, 0.3) is 0 Å². The zero-order chi connectivity index (χ0) is 15.6. The zero-order valence-electron chi connectivity index (χ0n) is 12.3. The average molecular weight is 319 g/mol. The molecule has 1 rings (SSSR count). The van der Waals surface area contributed by atoms with Crippen molar-refractivity contribution in [2.45, 2.75) is 25.2 Å². The minimum absolute atomic E-state index is 0.0934. The summed E-state index contributed by atoms with van der Waals surface area (Å²) < 4.78 is 48.7. The van der Waals surface area contributed by atoms with Gasteiger partial charge in [0, 0.05) is 14.1 Å².